The molecular weight excluding hydrogens is 601 g/mol. The predicted octanol–water partition coefficient (Wildman–Crippen LogP) is 7.42. The van der Waals surface area contributed by atoms with Crippen LogP contribution in [0.3, 0.4) is 0 Å². The molecule has 4 aromatic rings. The fraction of sp³-hybridized carbons (Fsp3) is 0.226. The van der Waals surface area contributed by atoms with E-state index in [0.717, 1.165) is 17.0 Å². The summed E-state index contributed by atoms with van der Waals surface area (Å²) in [4.78, 5) is 39.7. The Morgan fingerprint density at radius 2 is 1.79 bits per heavy atom. The topological polar surface area (TPSA) is 106 Å². The number of hydrogen-bond donors (Lipinski definition) is 1. The number of carboxylic acid groups (broad SMARTS) is 1. The highest BCUT2D eigenvalue weighted by Crippen LogP contribution is 2.44. The average Bonchev–Trinajstić information content (AvgIpc) is 3.53. The standard InChI is InChI=1S/C31H26Cl3N3O5/c1-4-23(38)36-12-10-31(3,11-13-36)29-27(28(35-42-29)26-20(33)14-19(32)15-21(26)34)30(41)37-16-17(2)25-18(8-9-24(39)40)6-5-7-22(25)37/h4-9,14-16H,1,10-13H2,2-3H3,(H,39,40)/b9-8+. The molecule has 0 aliphatic carbocycles. The van der Waals surface area contributed by atoms with Gasteiger partial charge in [0.2, 0.25) is 5.91 Å². The third kappa shape index (κ3) is 5.26. The Kier molecular flexibility index (Phi) is 8.07. The number of halogens is 3. The number of aromatic nitrogens is 2. The van der Waals surface area contributed by atoms with Crippen LogP contribution in [0, 0.1) is 6.92 Å². The molecule has 3 heterocycles. The highest BCUT2D eigenvalue weighted by atomic mass is 35.5. The summed E-state index contributed by atoms with van der Waals surface area (Å²) in [5, 5.41) is 14.9. The molecule has 2 aromatic heterocycles. The number of fused-ring (bicyclic) bond motifs is 1. The Morgan fingerprint density at radius 3 is 2.40 bits per heavy atom. The third-order valence-corrected chi connectivity index (χ3v) is 8.54. The summed E-state index contributed by atoms with van der Waals surface area (Å²) in [7, 11) is 0. The summed E-state index contributed by atoms with van der Waals surface area (Å²) in [6.45, 7) is 8.29. The highest BCUT2D eigenvalue weighted by Gasteiger charge is 2.42. The van der Waals surface area contributed by atoms with Crippen LogP contribution in [-0.4, -0.2) is 50.6 Å². The number of carboxylic acids is 1. The number of likely N-dealkylation sites (tertiary alicyclic amines) is 1. The van der Waals surface area contributed by atoms with Crippen molar-refractivity contribution in [3.8, 4) is 11.3 Å². The van der Waals surface area contributed by atoms with Crippen molar-refractivity contribution in [2.75, 3.05) is 13.1 Å². The predicted molar refractivity (Wildman–Crippen MR) is 163 cm³/mol. The Hall–Kier alpha value is -3.85. The van der Waals surface area contributed by atoms with Crippen molar-refractivity contribution < 1.29 is 24.0 Å². The van der Waals surface area contributed by atoms with Gasteiger partial charge in [-0.15, -0.1) is 0 Å². The zero-order valence-corrected chi connectivity index (χ0v) is 25.1. The van der Waals surface area contributed by atoms with Gasteiger partial charge in [0.15, 0.2) is 5.76 Å². The van der Waals surface area contributed by atoms with Gasteiger partial charge in [0.05, 0.1) is 15.6 Å². The molecule has 1 aliphatic rings. The summed E-state index contributed by atoms with van der Waals surface area (Å²) >= 11 is 19.4. The van der Waals surface area contributed by atoms with Crippen molar-refractivity contribution in [1.29, 1.82) is 0 Å². The van der Waals surface area contributed by atoms with Gasteiger partial charge in [-0.2, -0.15) is 0 Å². The van der Waals surface area contributed by atoms with Crippen LogP contribution in [-0.2, 0) is 15.0 Å². The monoisotopic (exact) mass is 625 g/mol. The van der Waals surface area contributed by atoms with Crippen molar-refractivity contribution in [2.45, 2.75) is 32.1 Å². The first-order valence-corrected chi connectivity index (χ1v) is 14.2. The maximum absolute atomic E-state index is 14.6. The number of amides is 1. The number of rotatable bonds is 6. The quantitative estimate of drug-likeness (QED) is 0.223. The second kappa shape index (κ2) is 11.4. The zero-order chi connectivity index (χ0) is 30.3. The Labute approximate surface area is 256 Å². The molecule has 1 N–H and O–H groups in total. The van der Waals surface area contributed by atoms with E-state index in [-0.39, 0.29) is 27.2 Å². The molecule has 0 radical (unpaired) electrons. The first kappa shape index (κ1) is 29.6. The van der Waals surface area contributed by atoms with Crippen LogP contribution in [0.5, 0.6) is 0 Å². The number of aryl methyl sites for hydroxylation is 1. The second-order valence-corrected chi connectivity index (χ2v) is 11.7. The maximum Gasteiger partial charge on any atom is 0.328 e. The van der Waals surface area contributed by atoms with Crippen LogP contribution in [0.25, 0.3) is 28.2 Å². The van der Waals surface area contributed by atoms with Crippen molar-refractivity contribution >= 4 is 69.6 Å². The summed E-state index contributed by atoms with van der Waals surface area (Å²) in [6.07, 6.45) is 6.56. The number of carbonyl (C=O) groups is 3. The van der Waals surface area contributed by atoms with E-state index in [4.69, 9.17) is 44.4 Å². The Bertz CT molecular complexity index is 1770. The molecule has 11 heteroatoms. The third-order valence-electron chi connectivity index (χ3n) is 7.73. The zero-order valence-electron chi connectivity index (χ0n) is 22.8. The van der Waals surface area contributed by atoms with Crippen molar-refractivity contribution in [2.24, 2.45) is 0 Å². The largest absolute Gasteiger partial charge is 0.478 e. The Morgan fingerprint density at radius 1 is 1.12 bits per heavy atom. The van der Waals surface area contributed by atoms with E-state index in [9.17, 15) is 14.4 Å². The van der Waals surface area contributed by atoms with Gasteiger partial charge >= 0.3 is 5.97 Å². The number of nitrogens with zero attached hydrogens (tertiary/aromatic N) is 3. The van der Waals surface area contributed by atoms with E-state index in [2.05, 4.69) is 11.7 Å². The summed E-state index contributed by atoms with van der Waals surface area (Å²) in [6, 6.07) is 8.36. The van der Waals surface area contributed by atoms with Crippen LogP contribution < -0.4 is 0 Å². The van der Waals surface area contributed by atoms with Crippen LogP contribution in [0.4, 0.5) is 0 Å². The SMILES string of the molecule is C=CC(=O)N1CCC(C)(c2onc(-c3c(Cl)cc(Cl)cc3Cl)c2C(=O)n2cc(C)c3c(/C=C/C(=O)O)cccc32)CC1. The maximum atomic E-state index is 14.6. The molecule has 1 saturated heterocycles. The van der Waals surface area contributed by atoms with Gasteiger partial charge in [-0.1, -0.05) is 65.6 Å². The van der Waals surface area contributed by atoms with Gasteiger partial charge < -0.3 is 14.5 Å². The van der Waals surface area contributed by atoms with Crippen LogP contribution >= 0.6 is 34.8 Å². The van der Waals surface area contributed by atoms with E-state index in [1.165, 1.54) is 28.9 Å². The number of carbonyl (C=O) groups excluding carboxylic acids is 2. The molecule has 5 rings (SSSR count). The number of benzene rings is 2. The van der Waals surface area contributed by atoms with Crippen LogP contribution in [0.15, 0.2) is 59.8 Å². The lowest BCUT2D eigenvalue weighted by Gasteiger charge is -2.37. The molecular formula is C31H26Cl3N3O5. The molecule has 8 nitrogen and oxygen atoms in total. The van der Waals surface area contributed by atoms with Crippen LogP contribution in [0.1, 0.15) is 47.0 Å². The fourth-order valence-electron chi connectivity index (χ4n) is 5.52. The summed E-state index contributed by atoms with van der Waals surface area (Å²) in [5.41, 5.74) is 2.03. The molecule has 0 bridgehead atoms. The van der Waals surface area contributed by atoms with Gasteiger partial charge in [0.25, 0.3) is 5.91 Å². The van der Waals surface area contributed by atoms with Gasteiger partial charge in [-0.25, -0.2) is 4.79 Å². The smallest absolute Gasteiger partial charge is 0.328 e. The number of hydrogen-bond acceptors (Lipinski definition) is 5. The van der Waals surface area contributed by atoms with Gasteiger partial charge in [-0.3, -0.25) is 14.2 Å². The lowest BCUT2D eigenvalue weighted by atomic mass is 9.76. The van der Waals surface area contributed by atoms with Gasteiger partial charge in [0, 0.05) is 46.7 Å². The molecule has 42 heavy (non-hydrogen) atoms. The Balaban J connectivity index is 1.70. The van der Waals surface area contributed by atoms with Crippen molar-refractivity contribution in [1.82, 2.24) is 14.6 Å². The second-order valence-electron chi connectivity index (χ2n) is 10.5. The molecule has 2 aromatic carbocycles. The fourth-order valence-corrected chi connectivity index (χ4v) is 6.52. The minimum atomic E-state index is -1.08. The molecule has 0 atom stereocenters. The lowest BCUT2D eigenvalue weighted by Crippen LogP contribution is -2.43. The van der Waals surface area contributed by atoms with E-state index < -0.39 is 17.3 Å². The molecule has 0 unspecified atom stereocenters. The van der Waals surface area contributed by atoms with E-state index >= 15 is 0 Å². The summed E-state index contributed by atoms with van der Waals surface area (Å²) in [5.74, 6) is -1.30. The average molecular weight is 627 g/mol. The van der Waals surface area contributed by atoms with E-state index in [1.807, 2.05) is 13.8 Å². The molecule has 1 aliphatic heterocycles. The number of aliphatic carboxylic acids is 1. The molecule has 1 fully saturated rings. The normalized spacial score (nSPS) is 14.9. The molecule has 1 amide bonds. The summed E-state index contributed by atoms with van der Waals surface area (Å²) < 4.78 is 7.47. The molecule has 0 spiro atoms. The van der Waals surface area contributed by atoms with E-state index in [0.29, 0.717) is 53.4 Å². The van der Waals surface area contributed by atoms with Gasteiger partial charge in [-0.05, 0) is 61.2 Å². The van der Waals surface area contributed by atoms with E-state index in [1.54, 1.807) is 29.3 Å². The molecule has 216 valence electrons. The number of piperidine rings is 1. The van der Waals surface area contributed by atoms with Gasteiger partial charge in [0.1, 0.15) is 11.3 Å². The first-order chi connectivity index (χ1) is 19.9. The highest BCUT2D eigenvalue weighted by molar-refractivity contribution is 6.42. The minimum Gasteiger partial charge on any atom is -0.478 e. The van der Waals surface area contributed by atoms with Crippen molar-refractivity contribution in [3.63, 3.8) is 0 Å². The lowest BCUT2D eigenvalue weighted by molar-refractivity contribution is -0.131. The van der Waals surface area contributed by atoms with Crippen LogP contribution in [0.2, 0.25) is 15.1 Å². The minimum absolute atomic E-state index is 0.159. The molecule has 0 saturated carbocycles. The van der Waals surface area contributed by atoms with Crippen molar-refractivity contribution in [3.05, 3.63) is 92.8 Å². The first-order valence-electron chi connectivity index (χ1n) is 13.1.